The van der Waals surface area contributed by atoms with Crippen molar-refractivity contribution in [3.8, 4) is 0 Å². The van der Waals surface area contributed by atoms with Gasteiger partial charge in [-0.25, -0.2) is 0 Å². The van der Waals surface area contributed by atoms with Gasteiger partial charge in [0.15, 0.2) is 11.5 Å². The zero-order valence-corrected chi connectivity index (χ0v) is 13.7. The minimum absolute atomic E-state index is 0.0324. The van der Waals surface area contributed by atoms with Crippen molar-refractivity contribution in [2.45, 2.75) is 61.8 Å². The summed E-state index contributed by atoms with van der Waals surface area (Å²) in [7, 11) is 0. The highest BCUT2D eigenvalue weighted by Gasteiger charge is 1.97. The molecule has 19 heavy (non-hydrogen) atoms. The standard InChI is InChI=1S/C6H6O2.C6H12O.2C2H6/c1-5(7)6-3-2-4-8-6;1-5(2)4-6(3)7;2*1-2/h2-4H,1H3;5H,4H2,1-3H3;2*1-2H3. The third-order valence-corrected chi connectivity index (χ3v) is 1.56. The Labute approximate surface area is 118 Å². The summed E-state index contributed by atoms with van der Waals surface area (Å²) in [5.74, 6) is 1.20. The maximum Gasteiger partial charge on any atom is 0.194 e. The second kappa shape index (κ2) is 16.6. The normalized spacial score (nSPS) is 8.05. The Morgan fingerprint density at radius 2 is 1.58 bits per heavy atom. The molecule has 3 nitrogen and oxygen atoms in total. The molecule has 0 atom stereocenters. The van der Waals surface area contributed by atoms with Crippen molar-refractivity contribution in [3.63, 3.8) is 0 Å². The van der Waals surface area contributed by atoms with Gasteiger partial charge in [0.05, 0.1) is 6.26 Å². The maximum atomic E-state index is 10.4. The fraction of sp³-hybridized carbons (Fsp3) is 0.625. The largest absolute Gasteiger partial charge is 0.461 e. The molecule has 0 radical (unpaired) electrons. The van der Waals surface area contributed by atoms with Crippen molar-refractivity contribution in [1.29, 1.82) is 0 Å². The lowest BCUT2D eigenvalue weighted by Crippen LogP contribution is -1.95. The summed E-state index contributed by atoms with van der Waals surface area (Å²) >= 11 is 0. The number of ketones is 2. The number of carbonyl (C=O) groups is 2. The number of Topliss-reactive ketones (excluding diaryl/α,β-unsaturated/α-hetero) is 2. The smallest absolute Gasteiger partial charge is 0.194 e. The van der Waals surface area contributed by atoms with E-state index in [0.717, 1.165) is 6.42 Å². The molecule has 1 heterocycles. The summed E-state index contributed by atoms with van der Waals surface area (Å²) in [4.78, 5) is 20.7. The lowest BCUT2D eigenvalue weighted by Gasteiger charge is -1.95. The number of hydrogen-bond acceptors (Lipinski definition) is 3. The van der Waals surface area contributed by atoms with Crippen LogP contribution in [0.3, 0.4) is 0 Å². The third kappa shape index (κ3) is 19.2. The van der Waals surface area contributed by atoms with Crippen LogP contribution in [0.2, 0.25) is 0 Å². The number of hydrogen-bond donors (Lipinski definition) is 0. The predicted octanol–water partition coefficient (Wildman–Crippen LogP) is 5.16. The minimum atomic E-state index is -0.0324. The molecule has 1 aromatic rings. The molecular weight excluding hydrogens is 240 g/mol. The third-order valence-electron chi connectivity index (χ3n) is 1.56. The van der Waals surface area contributed by atoms with Crippen LogP contribution in [0.1, 0.15) is 72.4 Å². The van der Waals surface area contributed by atoms with Crippen LogP contribution >= 0.6 is 0 Å². The van der Waals surface area contributed by atoms with Crippen molar-refractivity contribution in [3.05, 3.63) is 24.2 Å². The fourth-order valence-electron chi connectivity index (χ4n) is 1.05. The summed E-state index contributed by atoms with van der Waals surface area (Å²) in [6, 6.07) is 3.33. The first kappa shape index (κ1) is 22.8. The van der Waals surface area contributed by atoms with Gasteiger partial charge in [-0.1, -0.05) is 41.5 Å². The van der Waals surface area contributed by atoms with Gasteiger partial charge in [-0.2, -0.15) is 0 Å². The van der Waals surface area contributed by atoms with Gasteiger partial charge in [0.25, 0.3) is 0 Å². The van der Waals surface area contributed by atoms with Crippen LogP contribution in [0.15, 0.2) is 22.8 Å². The van der Waals surface area contributed by atoms with Crippen LogP contribution in [-0.4, -0.2) is 11.6 Å². The Kier molecular flexibility index (Phi) is 19.9. The number of carbonyl (C=O) groups excluding carboxylic acids is 2. The van der Waals surface area contributed by atoms with E-state index < -0.39 is 0 Å². The number of furan rings is 1. The van der Waals surface area contributed by atoms with E-state index >= 15 is 0 Å². The molecule has 3 heteroatoms. The maximum absolute atomic E-state index is 10.4. The summed E-state index contributed by atoms with van der Waals surface area (Å²) in [6.07, 6.45) is 2.21. The lowest BCUT2D eigenvalue weighted by molar-refractivity contribution is -0.117. The van der Waals surface area contributed by atoms with E-state index in [1.165, 1.54) is 13.2 Å². The molecule has 0 amide bonds. The van der Waals surface area contributed by atoms with Crippen LogP contribution in [0.25, 0.3) is 0 Å². The van der Waals surface area contributed by atoms with Gasteiger partial charge in [-0.05, 0) is 25.0 Å². The molecule has 1 aromatic heterocycles. The quantitative estimate of drug-likeness (QED) is 0.713. The van der Waals surface area contributed by atoms with Crippen LogP contribution in [0.5, 0.6) is 0 Å². The topological polar surface area (TPSA) is 47.3 Å². The van der Waals surface area contributed by atoms with E-state index in [1.807, 2.05) is 41.5 Å². The van der Waals surface area contributed by atoms with E-state index in [2.05, 4.69) is 0 Å². The van der Waals surface area contributed by atoms with Gasteiger partial charge in [0.2, 0.25) is 0 Å². The van der Waals surface area contributed by atoms with Gasteiger partial charge in [0.1, 0.15) is 5.78 Å². The summed E-state index contributed by atoms with van der Waals surface area (Å²) < 4.78 is 4.75. The molecule has 0 aliphatic carbocycles. The molecule has 0 spiro atoms. The molecule has 0 saturated heterocycles. The van der Waals surface area contributed by atoms with Gasteiger partial charge >= 0.3 is 0 Å². The highest BCUT2D eigenvalue weighted by molar-refractivity contribution is 5.91. The molecule has 0 unspecified atom stereocenters. The molecule has 0 aliphatic rings. The molecule has 0 fully saturated rings. The van der Waals surface area contributed by atoms with Gasteiger partial charge in [-0.15, -0.1) is 0 Å². The predicted molar refractivity (Wildman–Crippen MR) is 81.5 cm³/mol. The van der Waals surface area contributed by atoms with Crippen LogP contribution in [-0.2, 0) is 4.79 Å². The first-order valence-electron chi connectivity index (χ1n) is 6.97. The summed E-state index contributed by atoms with van der Waals surface area (Å²) in [5.41, 5.74) is 0. The van der Waals surface area contributed by atoms with Crippen molar-refractivity contribution >= 4 is 11.6 Å². The second-order valence-electron chi connectivity index (χ2n) is 3.83. The summed E-state index contributed by atoms with van der Waals surface area (Å²) in [6.45, 7) is 15.2. The average molecular weight is 270 g/mol. The Bertz CT molecular complexity index is 298. The molecular formula is C16H30O3. The first-order valence-corrected chi connectivity index (χ1v) is 6.97. The monoisotopic (exact) mass is 270 g/mol. The van der Waals surface area contributed by atoms with Crippen LogP contribution in [0, 0.1) is 5.92 Å². The molecule has 0 N–H and O–H groups in total. The molecule has 1 rings (SSSR count). The molecule has 0 aromatic carbocycles. The molecule has 112 valence electrons. The highest BCUT2D eigenvalue weighted by atomic mass is 16.3. The zero-order valence-electron chi connectivity index (χ0n) is 13.7. The molecule has 0 aliphatic heterocycles. The van der Waals surface area contributed by atoms with Gasteiger partial charge in [0, 0.05) is 13.3 Å². The van der Waals surface area contributed by atoms with Crippen molar-refractivity contribution in [2.24, 2.45) is 5.92 Å². The van der Waals surface area contributed by atoms with Crippen molar-refractivity contribution < 1.29 is 14.0 Å². The van der Waals surface area contributed by atoms with E-state index in [1.54, 1.807) is 19.1 Å². The number of rotatable bonds is 3. The SMILES string of the molecule is CC.CC.CC(=O)CC(C)C.CC(=O)c1ccco1. The van der Waals surface area contributed by atoms with E-state index in [0.29, 0.717) is 11.7 Å². The Morgan fingerprint density at radius 1 is 1.11 bits per heavy atom. The zero-order chi connectivity index (χ0) is 15.8. The second-order valence-corrected chi connectivity index (χ2v) is 3.83. The van der Waals surface area contributed by atoms with E-state index in [-0.39, 0.29) is 11.6 Å². The molecule has 0 bridgehead atoms. The highest BCUT2D eigenvalue weighted by Crippen LogP contribution is 1.99. The summed E-state index contributed by atoms with van der Waals surface area (Å²) in [5, 5.41) is 0. The lowest BCUT2D eigenvalue weighted by atomic mass is 10.1. The van der Waals surface area contributed by atoms with E-state index in [4.69, 9.17) is 4.42 Å². The Balaban J connectivity index is -0.000000215. The van der Waals surface area contributed by atoms with Gasteiger partial charge in [-0.3, -0.25) is 4.79 Å². The van der Waals surface area contributed by atoms with Gasteiger partial charge < -0.3 is 9.21 Å². The first-order chi connectivity index (χ1) is 8.93. The molecule has 0 saturated carbocycles. The minimum Gasteiger partial charge on any atom is -0.461 e. The van der Waals surface area contributed by atoms with Crippen LogP contribution < -0.4 is 0 Å². The Hall–Kier alpha value is -1.38. The average Bonchev–Trinajstić information content (AvgIpc) is 2.87. The van der Waals surface area contributed by atoms with Crippen LogP contribution in [0.4, 0.5) is 0 Å². The van der Waals surface area contributed by atoms with Crippen molar-refractivity contribution in [1.82, 2.24) is 0 Å². The van der Waals surface area contributed by atoms with Crippen molar-refractivity contribution in [2.75, 3.05) is 0 Å². The van der Waals surface area contributed by atoms with E-state index in [9.17, 15) is 9.59 Å². The fourth-order valence-corrected chi connectivity index (χ4v) is 1.05. The Morgan fingerprint density at radius 3 is 1.68 bits per heavy atom.